The highest BCUT2D eigenvalue weighted by molar-refractivity contribution is 5.89. The molecule has 0 saturated carbocycles. The van der Waals surface area contributed by atoms with E-state index in [-0.39, 0.29) is 12.4 Å². The highest BCUT2D eigenvalue weighted by Gasteiger charge is 2.38. The van der Waals surface area contributed by atoms with Gasteiger partial charge >= 0.3 is 12.1 Å². The molecule has 0 saturated heterocycles. The van der Waals surface area contributed by atoms with Crippen LogP contribution in [-0.2, 0) is 17.3 Å². The first-order valence-corrected chi connectivity index (χ1v) is 7.89. The van der Waals surface area contributed by atoms with E-state index in [0.717, 1.165) is 30.2 Å². The molecule has 0 atom stereocenters. The molecule has 1 aliphatic heterocycles. The molecule has 1 aliphatic rings. The van der Waals surface area contributed by atoms with Gasteiger partial charge < -0.3 is 9.64 Å². The molecule has 3 rings (SSSR count). The minimum absolute atomic E-state index is 0.0426. The number of benzene rings is 1. The number of esters is 1. The normalized spacial score (nSPS) is 14.2. The van der Waals surface area contributed by atoms with Crippen LogP contribution in [0.15, 0.2) is 30.3 Å². The van der Waals surface area contributed by atoms with Gasteiger partial charge in [0.25, 0.3) is 0 Å². The van der Waals surface area contributed by atoms with Crippen molar-refractivity contribution in [3.8, 4) is 0 Å². The predicted octanol–water partition coefficient (Wildman–Crippen LogP) is 3.76. The van der Waals surface area contributed by atoms with Crippen molar-refractivity contribution in [2.45, 2.75) is 25.9 Å². The van der Waals surface area contributed by atoms with Crippen molar-refractivity contribution in [3.63, 3.8) is 0 Å². The summed E-state index contributed by atoms with van der Waals surface area (Å²) in [6.07, 6.45) is -3.09. The van der Waals surface area contributed by atoms with Gasteiger partial charge in [-0.2, -0.15) is 13.2 Å². The van der Waals surface area contributed by atoms with E-state index in [9.17, 15) is 18.0 Å². The fraction of sp³-hybridized carbons (Fsp3) is 0.353. The average Bonchev–Trinajstić information content (AvgIpc) is 2.60. The smallest absolute Gasteiger partial charge is 0.418 e. The second-order valence-corrected chi connectivity index (χ2v) is 5.57. The van der Waals surface area contributed by atoms with Crippen molar-refractivity contribution in [2.24, 2.45) is 0 Å². The van der Waals surface area contributed by atoms with Crippen molar-refractivity contribution in [2.75, 3.05) is 18.1 Å². The highest BCUT2D eigenvalue weighted by Crippen LogP contribution is 2.36. The zero-order chi connectivity index (χ0) is 18.0. The molecule has 8 heteroatoms. The van der Waals surface area contributed by atoms with Gasteiger partial charge in [-0.1, -0.05) is 18.2 Å². The Labute approximate surface area is 142 Å². The molecular weight excluding hydrogens is 335 g/mol. The first-order chi connectivity index (χ1) is 11.9. The zero-order valence-electron chi connectivity index (χ0n) is 13.5. The summed E-state index contributed by atoms with van der Waals surface area (Å²) in [6.45, 7) is 2.00. The van der Waals surface area contributed by atoms with E-state index >= 15 is 0 Å². The quantitative estimate of drug-likeness (QED) is 0.788. The highest BCUT2D eigenvalue weighted by atomic mass is 19.4. The van der Waals surface area contributed by atoms with Gasteiger partial charge in [0.2, 0.25) is 0 Å². The molecule has 0 bridgehead atoms. The van der Waals surface area contributed by atoms with Gasteiger partial charge in [-0.05, 0) is 37.5 Å². The number of para-hydroxylation sites is 1. The maximum Gasteiger partial charge on any atom is 0.418 e. The van der Waals surface area contributed by atoms with Crippen LogP contribution in [0.5, 0.6) is 0 Å². The minimum Gasteiger partial charge on any atom is -0.461 e. The number of anilines is 2. The Morgan fingerprint density at radius 1 is 1.28 bits per heavy atom. The molecule has 2 aromatic rings. The molecule has 25 heavy (non-hydrogen) atoms. The van der Waals surface area contributed by atoms with Crippen LogP contribution < -0.4 is 4.90 Å². The van der Waals surface area contributed by atoms with Crippen molar-refractivity contribution in [1.29, 1.82) is 0 Å². The van der Waals surface area contributed by atoms with Gasteiger partial charge in [0.1, 0.15) is 0 Å². The molecule has 1 aromatic heterocycles. The number of fused-ring (bicyclic) bond motifs is 1. The van der Waals surface area contributed by atoms with E-state index in [1.807, 2.05) is 24.3 Å². The third kappa shape index (κ3) is 3.42. The summed E-state index contributed by atoms with van der Waals surface area (Å²) in [6, 6.07) is 8.35. The molecule has 2 heterocycles. The largest absolute Gasteiger partial charge is 0.461 e. The molecule has 0 aliphatic carbocycles. The Morgan fingerprint density at radius 3 is 2.76 bits per heavy atom. The van der Waals surface area contributed by atoms with E-state index in [2.05, 4.69) is 14.9 Å². The number of aryl methyl sites for hydroxylation is 1. The molecular formula is C17H16F3N3O2. The Bertz CT molecular complexity index is 793. The zero-order valence-corrected chi connectivity index (χ0v) is 13.5. The van der Waals surface area contributed by atoms with Gasteiger partial charge in [-0.15, -0.1) is 10.2 Å². The Hall–Kier alpha value is -2.64. The molecule has 1 aromatic carbocycles. The number of hydrogen-bond donors (Lipinski definition) is 0. The topological polar surface area (TPSA) is 55.3 Å². The van der Waals surface area contributed by atoms with Crippen LogP contribution in [0.4, 0.5) is 24.7 Å². The second kappa shape index (κ2) is 6.70. The third-order valence-electron chi connectivity index (χ3n) is 3.94. The monoisotopic (exact) mass is 351 g/mol. The van der Waals surface area contributed by atoms with E-state index in [4.69, 9.17) is 0 Å². The summed E-state index contributed by atoms with van der Waals surface area (Å²) < 4.78 is 44.8. The molecule has 0 unspecified atom stereocenters. The first-order valence-electron chi connectivity index (χ1n) is 7.89. The maximum atomic E-state index is 13.4. The molecule has 0 N–H and O–H groups in total. The van der Waals surface area contributed by atoms with Crippen LogP contribution in [0.2, 0.25) is 0 Å². The maximum absolute atomic E-state index is 13.4. The number of alkyl halides is 3. The van der Waals surface area contributed by atoms with Gasteiger partial charge in [0.15, 0.2) is 11.5 Å². The van der Waals surface area contributed by atoms with Crippen molar-refractivity contribution < 1.29 is 22.7 Å². The fourth-order valence-corrected chi connectivity index (χ4v) is 2.85. The lowest BCUT2D eigenvalue weighted by Gasteiger charge is -2.30. The summed E-state index contributed by atoms with van der Waals surface area (Å²) in [4.78, 5) is 13.5. The molecule has 0 fully saturated rings. The SMILES string of the molecule is CCOC(=O)c1nnc(N2CCCc3ccccc32)cc1C(F)(F)F. The number of carbonyl (C=O) groups excluding carboxylic acids is 1. The number of ether oxygens (including phenoxy) is 1. The summed E-state index contributed by atoms with van der Waals surface area (Å²) in [5.74, 6) is -1.07. The summed E-state index contributed by atoms with van der Waals surface area (Å²) in [7, 11) is 0. The van der Waals surface area contributed by atoms with Crippen LogP contribution in [0.1, 0.15) is 35.0 Å². The van der Waals surface area contributed by atoms with Crippen molar-refractivity contribution in [3.05, 3.63) is 47.2 Å². The average molecular weight is 351 g/mol. The molecule has 0 amide bonds. The number of nitrogens with zero attached hydrogens (tertiary/aromatic N) is 3. The lowest BCUT2D eigenvalue weighted by molar-refractivity contribution is -0.138. The van der Waals surface area contributed by atoms with Crippen LogP contribution in [0.3, 0.4) is 0 Å². The van der Waals surface area contributed by atoms with Gasteiger partial charge in [-0.3, -0.25) is 0 Å². The molecule has 132 valence electrons. The Morgan fingerprint density at radius 2 is 2.04 bits per heavy atom. The summed E-state index contributed by atoms with van der Waals surface area (Å²) >= 11 is 0. The lowest BCUT2D eigenvalue weighted by atomic mass is 10.0. The number of hydrogen-bond acceptors (Lipinski definition) is 5. The minimum atomic E-state index is -4.73. The third-order valence-corrected chi connectivity index (χ3v) is 3.94. The van der Waals surface area contributed by atoms with E-state index in [1.54, 1.807) is 4.90 Å². The Kier molecular flexibility index (Phi) is 4.61. The number of carbonyl (C=O) groups is 1. The standard InChI is InChI=1S/C17H16F3N3O2/c1-2-25-16(24)15-12(17(18,19)20)10-14(21-22-15)23-9-5-7-11-6-3-4-8-13(11)23/h3-4,6,8,10H,2,5,7,9H2,1H3. The van der Waals surface area contributed by atoms with Crippen LogP contribution >= 0.6 is 0 Å². The predicted molar refractivity (Wildman–Crippen MR) is 84.8 cm³/mol. The summed E-state index contributed by atoms with van der Waals surface area (Å²) in [5, 5.41) is 7.38. The lowest BCUT2D eigenvalue weighted by Crippen LogP contribution is -2.27. The van der Waals surface area contributed by atoms with E-state index < -0.39 is 23.4 Å². The fourth-order valence-electron chi connectivity index (χ4n) is 2.85. The molecule has 0 spiro atoms. The van der Waals surface area contributed by atoms with Crippen LogP contribution in [0.25, 0.3) is 0 Å². The number of aromatic nitrogens is 2. The van der Waals surface area contributed by atoms with Crippen molar-refractivity contribution >= 4 is 17.5 Å². The second-order valence-electron chi connectivity index (χ2n) is 5.57. The van der Waals surface area contributed by atoms with Crippen LogP contribution in [-0.4, -0.2) is 29.3 Å². The van der Waals surface area contributed by atoms with E-state index in [0.29, 0.717) is 6.54 Å². The number of rotatable bonds is 3. The van der Waals surface area contributed by atoms with E-state index in [1.165, 1.54) is 6.92 Å². The van der Waals surface area contributed by atoms with Gasteiger partial charge in [0.05, 0.1) is 12.2 Å². The van der Waals surface area contributed by atoms with Gasteiger partial charge in [0, 0.05) is 12.2 Å². The first kappa shape index (κ1) is 17.2. The molecule has 5 nitrogen and oxygen atoms in total. The van der Waals surface area contributed by atoms with Gasteiger partial charge in [-0.25, -0.2) is 4.79 Å². The number of halogens is 3. The van der Waals surface area contributed by atoms with Crippen LogP contribution in [0, 0.1) is 0 Å². The molecule has 0 radical (unpaired) electrons. The summed E-state index contributed by atoms with van der Waals surface area (Å²) in [5.41, 5.74) is -0.110. The Balaban J connectivity index is 2.06. The van der Waals surface area contributed by atoms with Crippen molar-refractivity contribution in [1.82, 2.24) is 10.2 Å².